The summed E-state index contributed by atoms with van der Waals surface area (Å²) in [6, 6.07) is 5.34. The molecule has 0 spiro atoms. The quantitative estimate of drug-likeness (QED) is 0.850. The topological polar surface area (TPSA) is 86.7 Å². The number of carboxylic acids is 1. The number of carbonyl (C=O) groups is 3. The van der Waals surface area contributed by atoms with Gasteiger partial charge in [0.15, 0.2) is 0 Å². The largest absolute Gasteiger partial charge is 0.481 e. The second-order valence-corrected chi connectivity index (χ2v) is 8.30. The lowest BCUT2D eigenvalue weighted by Gasteiger charge is -2.35. The smallest absolute Gasteiger partial charge is 0.307 e. The number of likely N-dealkylation sites (tertiary alicyclic amines) is 1. The van der Waals surface area contributed by atoms with Gasteiger partial charge in [-0.15, -0.1) is 0 Å². The molecule has 1 aromatic rings. The molecular formula is C21H28N2O4. The number of aryl methyl sites for hydroxylation is 1. The molecule has 6 heteroatoms. The summed E-state index contributed by atoms with van der Waals surface area (Å²) in [7, 11) is 0. The van der Waals surface area contributed by atoms with Gasteiger partial charge in [0.2, 0.25) is 5.91 Å². The molecule has 4 atom stereocenters. The van der Waals surface area contributed by atoms with Crippen molar-refractivity contribution >= 4 is 23.5 Å². The first-order chi connectivity index (χ1) is 12.8. The monoisotopic (exact) mass is 372 g/mol. The van der Waals surface area contributed by atoms with Gasteiger partial charge in [0.05, 0.1) is 11.8 Å². The van der Waals surface area contributed by atoms with Gasteiger partial charge in [-0.25, -0.2) is 0 Å². The molecule has 0 aromatic heterocycles. The fraction of sp³-hybridized carbons (Fsp3) is 0.571. The molecule has 2 N–H and O–H groups in total. The lowest BCUT2D eigenvalue weighted by atomic mass is 9.73. The molecule has 27 heavy (non-hydrogen) atoms. The first kappa shape index (κ1) is 19.4. The van der Waals surface area contributed by atoms with E-state index in [2.05, 4.69) is 19.2 Å². The number of hydrogen-bond donors (Lipinski definition) is 2. The van der Waals surface area contributed by atoms with Gasteiger partial charge in [-0.3, -0.25) is 14.4 Å². The summed E-state index contributed by atoms with van der Waals surface area (Å²) in [5.41, 5.74) is 1.99. The van der Waals surface area contributed by atoms with Gasteiger partial charge in [0.25, 0.3) is 5.91 Å². The molecular weight excluding hydrogens is 344 g/mol. The fourth-order valence-electron chi connectivity index (χ4n) is 4.24. The highest BCUT2D eigenvalue weighted by atomic mass is 16.4. The van der Waals surface area contributed by atoms with Crippen LogP contribution in [0.25, 0.3) is 0 Å². The van der Waals surface area contributed by atoms with Gasteiger partial charge < -0.3 is 15.3 Å². The minimum absolute atomic E-state index is 0.0176. The van der Waals surface area contributed by atoms with Crippen LogP contribution < -0.4 is 5.32 Å². The Hall–Kier alpha value is -2.37. The maximum absolute atomic E-state index is 12.9. The van der Waals surface area contributed by atoms with Crippen molar-refractivity contribution in [2.75, 3.05) is 18.4 Å². The van der Waals surface area contributed by atoms with Crippen LogP contribution in [0, 0.1) is 30.6 Å². The first-order valence-corrected chi connectivity index (χ1v) is 9.69. The Morgan fingerprint density at radius 2 is 1.70 bits per heavy atom. The van der Waals surface area contributed by atoms with Crippen molar-refractivity contribution in [3.63, 3.8) is 0 Å². The van der Waals surface area contributed by atoms with Crippen LogP contribution in [-0.2, 0) is 9.59 Å². The number of carbonyl (C=O) groups excluding carboxylic acids is 2. The molecule has 2 amide bonds. The van der Waals surface area contributed by atoms with E-state index in [0.29, 0.717) is 35.9 Å². The third-order valence-corrected chi connectivity index (χ3v) is 5.83. The third-order valence-electron chi connectivity index (χ3n) is 5.83. The number of hydrogen-bond acceptors (Lipinski definition) is 3. The van der Waals surface area contributed by atoms with E-state index < -0.39 is 17.8 Å². The molecule has 6 nitrogen and oxygen atoms in total. The summed E-state index contributed by atoms with van der Waals surface area (Å²) in [6.07, 6.45) is 2.26. The Labute approximate surface area is 159 Å². The predicted octanol–water partition coefficient (Wildman–Crippen LogP) is 3.16. The van der Waals surface area contributed by atoms with E-state index in [0.717, 1.165) is 25.1 Å². The SMILES string of the molecule is Cc1ccc(C(=O)N2CC(C)CC(C)C2)cc1NC(=O)C1CCC1C(=O)O. The highest BCUT2D eigenvalue weighted by Gasteiger charge is 2.41. The molecule has 146 valence electrons. The van der Waals surface area contributed by atoms with E-state index in [4.69, 9.17) is 5.11 Å². The summed E-state index contributed by atoms with van der Waals surface area (Å²) in [5, 5.41) is 12.0. The van der Waals surface area contributed by atoms with Crippen LogP contribution in [0.3, 0.4) is 0 Å². The second kappa shape index (κ2) is 7.71. The van der Waals surface area contributed by atoms with Gasteiger partial charge in [-0.05, 0) is 55.7 Å². The van der Waals surface area contributed by atoms with E-state index in [1.807, 2.05) is 17.9 Å². The Bertz CT molecular complexity index is 751. The van der Waals surface area contributed by atoms with Crippen LogP contribution in [0.2, 0.25) is 0 Å². The Morgan fingerprint density at radius 3 is 2.26 bits per heavy atom. The molecule has 0 bridgehead atoms. The number of aliphatic carboxylic acids is 1. The average Bonchev–Trinajstić information content (AvgIpc) is 2.53. The number of anilines is 1. The van der Waals surface area contributed by atoms with Crippen molar-refractivity contribution in [3.8, 4) is 0 Å². The van der Waals surface area contributed by atoms with Gasteiger partial charge in [0, 0.05) is 24.3 Å². The number of carboxylic acid groups (broad SMARTS) is 1. The molecule has 2 aliphatic rings. The number of nitrogens with zero attached hydrogens (tertiary/aromatic N) is 1. The molecule has 1 aromatic carbocycles. The molecule has 1 saturated heterocycles. The Kier molecular flexibility index (Phi) is 5.53. The molecule has 2 fully saturated rings. The molecule has 0 radical (unpaired) electrons. The number of piperidine rings is 1. The summed E-state index contributed by atoms with van der Waals surface area (Å²) < 4.78 is 0. The molecule has 4 unspecified atom stereocenters. The standard InChI is InChI=1S/C21H28N2O4/c1-12-8-13(2)11-23(10-12)20(25)15-5-4-14(3)18(9-15)22-19(24)16-6-7-17(16)21(26)27/h4-5,9,12-13,16-17H,6-8,10-11H2,1-3H3,(H,22,24)(H,26,27). The average molecular weight is 372 g/mol. The van der Waals surface area contributed by atoms with E-state index in [9.17, 15) is 14.4 Å². The maximum atomic E-state index is 12.9. The Morgan fingerprint density at radius 1 is 1.07 bits per heavy atom. The van der Waals surface area contributed by atoms with Crippen molar-refractivity contribution in [2.24, 2.45) is 23.7 Å². The highest BCUT2D eigenvalue weighted by Crippen LogP contribution is 2.35. The second-order valence-electron chi connectivity index (χ2n) is 8.30. The van der Waals surface area contributed by atoms with Crippen molar-refractivity contribution in [1.82, 2.24) is 4.90 Å². The summed E-state index contributed by atoms with van der Waals surface area (Å²) >= 11 is 0. The number of benzene rings is 1. The van der Waals surface area contributed by atoms with E-state index in [-0.39, 0.29) is 11.8 Å². The lowest BCUT2D eigenvalue weighted by molar-refractivity contribution is -0.151. The summed E-state index contributed by atoms with van der Waals surface area (Å²) in [4.78, 5) is 38.4. The first-order valence-electron chi connectivity index (χ1n) is 9.69. The molecule has 1 heterocycles. The molecule has 1 saturated carbocycles. The van der Waals surface area contributed by atoms with Gasteiger partial charge in [-0.2, -0.15) is 0 Å². The van der Waals surface area contributed by atoms with Crippen molar-refractivity contribution < 1.29 is 19.5 Å². The zero-order valence-electron chi connectivity index (χ0n) is 16.2. The maximum Gasteiger partial charge on any atom is 0.307 e. The van der Waals surface area contributed by atoms with Crippen LogP contribution >= 0.6 is 0 Å². The summed E-state index contributed by atoms with van der Waals surface area (Å²) in [5.74, 6) is -1.35. The van der Waals surface area contributed by atoms with E-state index >= 15 is 0 Å². The molecule has 3 rings (SSSR count). The number of rotatable bonds is 4. The Balaban J connectivity index is 1.73. The van der Waals surface area contributed by atoms with Crippen LogP contribution in [0.4, 0.5) is 5.69 Å². The van der Waals surface area contributed by atoms with Crippen LogP contribution in [0.1, 0.15) is 49.0 Å². The minimum Gasteiger partial charge on any atom is -0.481 e. The normalized spacial score (nSPS) is 27.6. The van der Waals surface area contributed by atoms with E-state index in [1.165, 1.54) is 0 Å². The zero-order valence-corrected chi connectivity index (χ0v) is 16.2. The minimum atomic E-state index is -0.921. The van der Waals surface area contributed by atoms with Crippen LogP contribution in [0.5, 0.6) is 0 Å². The predicted molar refractivity (Wildman–Crippen MR) is 103 cm³/mol. The van der Waals surface area contributed by atoms with Crippen molar-refractivity contribution in [2.45, 2.75) is 40.0 Å². The van der Waals surface area contributed by atoms with Crippen LogP contribution in [-0.4, -0.2) is 40.9 Å². The van der Waals surface area contributed by atoms with Crippen molar-refractivity contribution in [3.05, 3.63) is 29.3 Å². The van der Waals surface area contributed by atoms with Crippen molar-refractivity contribution in [1.29, 1.82) is 0 Å². The van der Waals surface area contributed by atoms with E-state index in [1.54, 1.807) is 12.1 Å². The summed E-state index contributed by atoms with van der Waals surface area (Å²) in [6.45, 7) is 7.69. The van der Waals surface area contributed by atoms with Gasteiger partial charge >= 0.3 is 5.97 Å². The zero-order chi connectivity index (χ0) is 19.7. The number of amides is 2. The third kappa shape index (κ3) is 4.15. The lowest BCUT2D eigenvalue weighted by Crippen LogP contribution is -2.42. The fourth-order valence-corrected chi connectivity index (χ4v) is 4.24. The van der Waals surface area contributed by atoms with Gasteiger partial charge in [-0.1, -0.05) is 19.9 Å². The van der Waals surface area contributed by atoms with Gasteiger partial charge in [0.1, 0.15) is 0 Å². The number of nitrogens with one attached hydrogen (secondary N) is 1. The molecule has 1 aliphatic heterocycles. The van der Waals surface area contributed by atoms with Crippen LogP contribution in [0.15, 0.2) is 18.2 Å². The molecule has 1 aliphatic carbocycles. The highest BCUT2D eigenvalue weighted by molar-refractivity contribution is 5.99.